The van der Waals surface area contributed by atoms with E-state index in [4.69, 9.17) is 1.37 Å². The lowest BCUT2D eigenvalue weighted by Gasteiger charge is -1.95. The van der Waals surface area contributed by atoms with Gasteiger partial charge in [-0.25, -0.2) is 0 Å². The quantitative estimate of drug-likeness (QED) is 0.621. The molecule has 2 rings (SSSR count). The smallest absolute Gasteiger partial charge is 0.0616 e. The van der Waals surface area contributed by atoms with Gasteiger partial charge in [-0.2, -0.15) is 0 Å². The molecule has 0 heterocycles. The van der Waals surface area contributed by atoms with Crippen LogP contribution in [-0.4, -0.2) is 0 Å². The van der Waals surface area contributed by atoms with Crippen molar-refractivity contribution in [2.75, 3.05) is 0 Å². The normalized spacial score (nSPS) is 11.5. The van der Waals surface area contributed by atoms with Crippen molar-refractivity contribution in [1.82, 2.24) is 0 Å². The van der Waals surface area contributed by atoms with Gasteiger partial charge in [-0.3, -0.25) is 0 Å². The molecule has 0 fully saturated rings. The van der Waals surface area contributed by atoms with Crippen LogP contribution in [0.2, 0.25) is 0 Å². The molecule has 0 nitrogen and oxygen atoms in total. The van der Waals surface area contributed by atoms with E-state index in [1.807, 2.05) is 36.4 Å². The molecule has 0 aliphatic heterocycles. The molecule has 0 aliphatic carbocycles. The fourth-order valence-corrected chi connectivity index (χ4v) is 1.44. The van der Waals surface area contributed by atoms with E-state index in [1.165, 1.54) is 0 Å². The molecule has 0 saturated carbocycles. The Morgan fingerprint density at radius 1 is 1.00 bits per heavy atom. The second-order valence-corrected chi connectivity index (χ2v) is 3.25. The summed E-state index contributed by atoms with van der Waals surface area (Å²) >= 11 is 3.33. The Kier molecular flexibility index (Phi) is 1.40. The maximum atomic E-state index is 7.74. The first kappa shape index (κ1) is 5.78. The van der Waals surface area contributed by atoms with Crippen LogP contribution in [0.25, 0.3) is 10.8 Å². The Labute approximate surface area is 75.4 Å². The van der Waals surface area contributed by atoms with Crippen LogP contribution in [0, 0.1) is 0 Å². The number of rotatable bonds is 0. The van der Waals surface area contributed by atoms with Crippen molar-refractivity contribution in [2.24, 2.45) is 0 Å². The fourth-order valence-electron chi connectivity index (χ4n) is 1.09. The van der Waals surface area contributed by atoms with Gasteiger partial charge in [0, 0.05) is 4.47 Å². The molecule has 0 aliphatic rings. The highest BCUT2D eigenvalue weighted by molar-refractivity contribution is 9.10. The highest BCUT2D eigenvalue weighted by Crippen LogP contribution is 2.18. The van der Waals surface area contributed by atoms with Gasteiger partial charge in [-0.05, 0) is 22.9 Å². The van der Waals surface area contributed by atoms with Gasteiger partial charge >= 0.3 is 0 Å². The van der Waals surface area contributed by atoms with Gasteiger partial charge in [-0.15, -0.1) is 0 Å². The zero-order valence-corrected chi connectivity index (χ0v) is 7.43. The molecule has 54 valence electrons. The van der Waals surface area contributed by atoms with E-state index in [9.17, 15) is 0 Å². The minimum Gasteiger partial charge on any atom is -0.0616 e. The van der Waals surface area contributed by atoms with Crippen LogP contribution in [0.3, 0.4) is 0 Å². The molecule has 2 aromatic rings. The molecule has 0 unspecified atom stereocenters. The summed E-state index contributed by atoms with van der Waals surface area (Å²) in [5, 5.41) is 2.11. The Hall–Kier alpha value is -0.820. The maximum absolute atomic E-state index is 7.74. The Balaban J connectivity index is 2.91. The average molecular weight is 209 g/mol. The van der Waals surface area contributed by atoms with Gasteiger partial charge < -0.3 is 0 Å². The van der Waals surface area contributed by atoms with Crippen LogP contribution in [0.15, 0.2) is 46.9 Å². The van der Waals surface area contributed by atoms with Gasteiger partial charge in [0.25, 0.3) is 0 Å². The van der Waals surface area contributed by atoms with Crippen molar-refractivity contribution >= 4 is 26.7 Å². The Morgan fingerprint density at radius 2 is 1.73 bits per heavy atom. The second-order valence-electron chi connectivity index (χ2n) is 2.39. The van der Waals surface area contributed by atoms with E-state index < -0.39 is 0 Å². The largest absolute Gasteiger partial charge is 0.0641 e. The van der Waals surface area contributed by atoms with Crippen LogP contribution < -0.4 is 0 Å². The standard InChI is InChI=1S/C10H7Br/c11-10-6-5-8-3-1-2-4-9(8)7-10/h1-7H/i7T. The molecule has 0 aromatic heterocycles. The molecule has 11 heavy (non-hydrogen) atoms. The van der Waals surface area contributed by atoms with Crippen LogP contribution in [0.1, 0.15) is 1.37 Å². The first-order valence-corrected chi connectivity index (χ1v) is 4.22. The summed E-state index contributed by atoms with van der Waals surface area (Å²) in [6, 6.07) is 12.4. The van der Waals surface area contributed by atoms with Gasteiger partial charge in [0.15, 0.2) is 0 Å². The number of benzene rings is 2. The van der Waals surface area contributed by atoms with E-state index in [0.29, 0.717) is 6.04 Å². The molecule has 0 amide bonds. The molecule has 0 N–H and O–H groups in total. The summed E-state index contributed by atoms with van der Waals surface area (Å²) < 4.78 is 8.59. The van der Waals surface area contributed by atoms with Crippen molar-refractivity contribution in [1.29, 1.82) is 0 Å². The number of halogens is 1. The SMILES string of the molecule is [3H]c1c(Br)ccc2ccccc12. The second kappa shape index (κ2) is 2.67. The van der Waals surface area contributed by atoms with Gasteiger partial charge in [0.1, 0.15) is 0 Å². The van der Waals surface area contributed by atoms with Gasteiger partial charge in [0.05, 0.1) is 1.37 Å². The van der Waals surface area contributed by atoms with Gasteiger partial charge in [0.2, 0.25) is 0 Å². The molecule has 1 heteroatoms. The van der Waals surface area contributed by atoms with Crippen LogP contribution in [-0.2, 0) is 0 Å². The minimum atomic E-state index is 0.563. The van der Waals surface area contributed by atoms with Crippen molar-refractivity contribution in [3.8, 4) is 0 Å². The fraction of sp³-hybridized carbons (Fsp3) is 0. The lowest BCUT2D eigenvalue weighted by atomic mass is 10.1. The molecule has 0 bridgehead atoms. The molecular formula is C10H7Br. The number of hydrogen-bond acceptors (Lipinski definition) is 0. The molecule has 2 aromatic carbocycles. The van der Waals surface area contributed by atoms with Crippen molar-refractivity contribution in [3.63, 3.8) is 0 Å². The summed E-state index contributed by atoms with van der Waals surface area (Å²) in [7, 11) is 0. The molecule has 0 radical (unpaired) electrons. The summed E-state index contributed by atoms with van der Waals surface area (Å²) in [4.78, 5) is 0. The monoisotopic (exact) mass is 208 g/mol. The summed E-state index contributed by atoms with van der Waals surface area (Å²) in [5.41, 5.74) is 0. The van der Waals surface area contributed by atoms with Crippen LogP contribution in [0.4, 0.5) is 0 Å². The maximum Gasteiger partial charge on any atom is 0.0641 e. The van der Waals surface area contributed by atoms with E-state index in [2.05, 4.69) is 15.9 Å². The molecule has 0 saturated heterocycles. The Bertz CT molecular complexity index is 423. The molecule has 0 spiro atoms. The summed E-state index contributed by atoms with van der Waals surface area (Å²) in [6.45, 7) is 0. The summed E-state index contributed by atoms with van der Waals surface area (Å²) in [5.74, 6) is 0. The van der Waals surface area contributed by atoms with Gasteiger partial charge in [-0.1, -0.05) is 46.3 Å². The highest BCUT2D eigenvalue weighted by Gasteiger charge is 1.90. The van der Waals surface area contributed by atoms with E-state index in [-0.39, 0.29) is 0 Å². The van der Waals surface area contributed by atoms with Crippen LogP contribution in [0.5, 0.6) is 0 Å². The highest BCUT2D eigenvalue weighted by atomic mass is 79.9. The van der Waals surface area contributed by atoms with E-state index in [0.717, 1.165) is 15.2 Å². The summed E-state index contributed by atoms with van der Waals surface area (Å²) in [6.07, 6.45) is 0. The van der Waals surface area contributed by atoms with Crippen molar-refractivity contribution in [2.45, 2.75) is 0 Å². The van der Waals surface area contributed by atoms with Crippen molar-refractivity contribution in [3.05, 3.63) is 46.9 Å². The average Bonchev–Trinajstić information content (AvgIpc) is 2.12. The third kappa shape index (κ3) is 1.29. The third-order valence-corrected chi connectivity index (χ3v) is 2.09. The predicted molar refractivity (Wildman–Crippen MR) is 51.6 cm³/mol. The zero-order chi connectivity index (χ0) is 8.55. The number of hydrogen-bond donors (Lipinski definition) is 0. The zero-order valence-electron chi connectivity index (χ0n) is 6.84. The van der Waals surface area contributed by atoms with Crippen molar-refractivity contribution < 1.29 is 1.37 Å². The molecule has 0 atom stereocenters. The third-order valence-electron chi connectivity index (χ3n) is 1.62. The van der Waals surface area contributed by atoms with Crippen LogP contribution >= 0.6 is 15.9 Å². The lowest BCUT2D eigenvalue weighted by Crippen LogP contribution is -1.69. The first-order chi connectivity index (χ1) is 5.79. The topological polar surface area (TPSA) is 0 Å². The molecular weight excluding hydrogens is 200 g/mol. The first-order valence-electron chi connectivity index (χ1n) is 3.93. The predicted octanol–water partition coefficient (Wildman–Crippen LogP) is 3.60. The minimum absolute atomic E-state index is 0.563. The lowest BCUT2D eigenvalue weighted by molar-refractivity contribution is 1.70. The Morgan fingerprint density at radius 3 is 2.55 bits per heavy atom. The van der Waals surface area contributed by atoms with E-state index in [1.54, 1.807) is 0 Å². The van der Waals surface area contributed by atoms with E-state index >= 15 is 0 Å². The number of fused-ring (bicyclic) bond motifs is 1.